The first-order valence-corrected chi connectivity index (χ1v) is 9.79. The van der Waals surface area contributed by atoms with Gasteiger partial charge >= 0.3 is 12.1 Å². The molecule has 3 rings (SSSR count). The first kappa shape index (κ1) is 22.7. The van der Waals surface area contributed by atoms with Crippen LogP contribution in [0.15, 0.2) is 65.7 Å². The maximum Gasteiger partial charge on any atom is 0.426 e. The first-order valence-electron chi connectivity index (χ1n) is 9.41. The van der Waals surface area contributed by atoms with Gasteiger partial charge in [0.2, 0.25) is 6.10 Å². The number of carbonyl (C=O) groups excluding carboxylic acids is 1. The zero-order chi connectivity index (χ0) is 22.8. The van der Waals surface area contributed by atoms with Crippen molar-refractivity contribution >= 4 is 17.6 Å². The predicted molar refractivity (Wildman–Crippen MR) is 108 cm³/mol. The predicted octanol–water partition coefficient (Wildman–Crippen LogP) is 6.54. The molecule has 1 aliphatic carbocycles. The summed E-state index contributed by atoms with van der Waals surface area (Å²) in [6, 6.07) is 17.4. The van der Waals surface area contributed by atoms with E-state index in [2.05, 4.69) is 0 Å². The third kappa shape index (κ3) is 5.20. The van der Waals surface area contributed by atoms with E-state index in [1.165, 1.54) is 0 Å². The number of ether oxygens (including phenoxy) is 2. The maximum atomic E-state index is 12.7. The van der Waals surface area contributed by atoms with Crippen molar-refractivity contribution in [2.75, 3.05) is 0 Å². The number of carbonyl (C=O) groups is 1. The van der Waals surface area contributed by atoms with Crippen molar-refractivity contribution in [3.8, 4) is 17.6 Å². The van der Waals surface area contributed by atoms with E-state index in [9.17, 15) is 23.2 Å². The fraction of sp³-hybridized carbons (Fsp3) is 0.304. The Kier molecular flexibility index (Phi) is 6.33. The maximum absolute atomic E-state index is 12.7. The molecule has 8 heteroatoms. The van der Waals surface area contributed by atoms with Crippen LogP contribution in [-0.4, -0.2) is 12.1 Å². The van der Waals surface area contributed by atoms with Crippen LogP contribution in [0.25, 0.3) is 0 Å². The van der Waals surface area contributed by atoms with Crippen LogP contribution in [0.1, 0.15) is 25.5 Å². The molecule has 0 radical (unpaired) electrons. The van der Waals surface area contributed by atoms with Gasteiger partial charge in [-0.25, -0.2) is 0 Å². The molecule has 0 N–H and O–H groups in total. The minimum absolute atomic E-state index is 0.392. The van der Waals surface area contributed by atoms with Crippen LogP contribution in [0, 0.1) is 28.6 Å². The number of rotatable bonds is 6. The average Bonchev–Trinajstić information content (AvgIpc) is 3.26. The molecule has 0 aliphatic heterocycles. The lowest BCUT2D eigenvalue weighted by Gasteiger charge is -2.13. The van der Waals surface area contributed by atoms with Crippen molar-refractivity contribution < 1.29 is 27.4 Å². The summed E-state index contributed by atoms with van der Waals surface area (Å²) in [4.78, 5) is 12.6. The van der Waals surface area contributed by atoms with E-state index in [0.29, 0.717) is 17.1 Å². The summed E-state index contributed by atoms with van der Waals surface area (Å²) in [5.74, 6) is -1.27. The van der Waals surface area contributed by atoms with Crippen LogP contribution >= 0.6 is 11.6 Å². The van der Waals surface area contributed by atoms with Crippen molar-refractivity contribution in [3.05, 3.63) is 71.3 Å². The highest BCUT2D eigenvalue weighted by Crippen LogP contribution is 2.60. The van der Waals surface area contributed by atoms with Gasteiger partial charge in [-0.1, -0.05) is 61.9 Å². The zero-order valence-electron chi connectivity index (χ0n) is 16.7. The first-order chi connectivity index (χ1) is 14.5. The SMILES string of the molecule is CC1(C)C(/C=C(\Cl)C(F)(F)F)[C@@H]1C(=O)OC(C#N)c1cccc(Oc2ccccc2)c1. The normalized spacial score (nSPS) is 21.0. The highest BCUT2D eigenvalue weighted by Gasteiger charge is 2.62. The molecule has 0 bridgehead atoms. The van der Waals surface area contributed by atoms with E-state index in [1.807, 2.05) is 24.3 Å². The Balaban J connectivity index is 1.72. The van der Waals surface area contributed by atoms with Crippen LogP contribution in [0.5, 0.6) is 11.5 Å². The molecule has 2 unspecified atom stereocenters. The lowest BCUT2D eigenvalue weighted by molar-refractivity contribution is -0.149. The molecule has 0 saturated heterocycles. The fourth-order valence-corrected chi connectivity index (χ4v) is 3.55. The summed E-state index contributed by atoms with van der Waals surface area (Å²) in [6.45, 7) is 3.30. The molecule has 162 valence electrons. The molecule has 0 amide bonds. The standard InChI is InChI=1S/C23H19ClF3NO3/c1-22(2)17(12-19(24)23(25,26)27)20(22)21(29)31-18(13-28)14-7-6-10-16(11-14)30-15-8-4-3-5-9-15/h3-12,17-18,20H,1-2H3/b19-12-/t17?,18?,20-/m1/s1. The number of hydrogen-bond donors (Lipinski definition) is 0. The summed E-state index contributed by atoms with van der Waals surface area (Å²) < 4.78 is 49.2. The minimum Gasteiger partial charge on any atom is -0.457 e. The fourth-order valence-electron chi connectivity index (χ4n) is 3.42. The van der Waals surface area contributed by atoms with E-state index < -0.39 is 40.5 Å². The van der Waals surface area contributed by atoms with E-state index in [4.69, 9.17) is 21.1 Å². The lowest BCUT2D eigenvalue weighted by Crippen LogP contribution is -2.14. The topological polar surface area (TPSA) is 59.3 Å². The molecule has 3 atom stereocenters. The zero-order valence-corrected chi connectivity index (χ0v) is 17.4. The van der Waals surface area contributed by atoms with E-state index in [-0.39, 0.29) is 0 Å². The van der Waals surface area contributed by atoms with Gasteiger partial charge in [-0.15, -0.1) is 0 Å². The molecule has 2 aromatic carbocycles. The van der Waals surface area contributed by atoms with Gasteiger partial charge in [0.05, 0.1) is 5.92 Å². The Morgan fingerprint density at radius 2 is 1.81 bits per heavy atom. The second kappa shape index (κ2) is 8.64. The molecule has 1 saturated carbocycles. The summed E-state index contributed by atoms with van der Waals surface area (Å²) >= 11 is 5.32. The number of nitriles is 1. The number of esters is 1. The van der Waals surface area contributed by atoms with Crippen LogP contribution in [0.3, 0.4) is 0 Å². The Labute approximate surface area is 182 Å². The number of halogens is 4. The molecule has 4 nitrogen and oxygen atoms in total. The van der Waals surface area contributed by atoms with E-state index in [0.717, 1.165) is 6.08 Å². The number of nitrogens with zero attached hydrogens (tertiary/aromatic N) is 1. The third-order valence-electron chi connectivity index (χ3n) is 5.25. The van der Waals surface area contributed by atoms with Crippen LogP contribution in [-0.2, 0) is 9.53 Å². The van der Waals surface area contributed by atoms with Gasteiger partial charge in [0.1, 0.15) is 22.6 Å². The van der Waals surface area contributed by atoms with Crippen molar-refractivity contribution in [1.29, 1.82) is 5.26 Å². The van der Waals surface area contributed by atoms with Crippen LogP contribution < -0.4 is 4.74 Å². The van der Waals surface area contributed by atoms with Crippen molar-refractivity contribution in [3.63, 3.8) is 0 Å². The quantitative estimate of drug-likeness (QED) is 0.469. The van der Waals surface area contributed by atoms with Gasteiger partial charge in [0.25, 0.3) is 0 Å². The number of allylic oxidation sites excluding steroid dienone is 2. The summed E-state index contributed by atoms with van der Waals surface area (Å²) in [6.07, 6.45) is -5.07. The van der Waals surface area contributed by atoms with Crippen LogP contribution in [0.2, 0.25) is 0 Å². The van der Waals surface area contributed by atoms with Crippen LogP contribution in [0.4, 0.5) is 13.2 Å². The second-order valence-electron chi connectivity index (χ2n) is 7.77. The second-order valence-corrected chi connectivity index (χ2v) is 8.18. The highest BCUT2D eigenvalue weighted by molar-refractivity contribution is 6.30. The molecule has 0 aromatic heterocycles. The number of para-hydroxylation sites is 1. The lowest BCUT2D eigenvalue weighted by atomic mass is 10.1. The van der Waals surface area contributed by atoms with Gasteiger partial charge in [-0.2, -0.15) is 18.4 Å². The van der Waals surface area contributed by atoms with Gasteiger partial charge in [-0.05, 0) is 35.6 Å². The number of hydrogen-bond acceptors (Lipinski definition) is 4. The molecule has 0 heterocycles. The molecule has 1 aliphatic rings. The Morgan fingerprint density at radius 1 is 1.16 bits per heavy atom. The summed E-state index contributed by atoms with van der Waals surface area (Å²) in [7, 11) is 0. The van der Waals surface area contributed by atoms with Gasteiger partial charge in [0, 0.05) is 5.56 Å². The Morgan fingerprint density at radius 3 is 2.42 bits per heavy atom. The van der Waals surface area contributed by atoms with Crippen molar-refractivity contribution in [2.24, 2.45) is 17.3 Å². The third-order valence-corrected chi connectivity index (χ3v) is 5.59. The largest absolute Gasteiger partial charge is 0.457 e. The van der Waals surface area contributed by atoms with Gasteiger partial charge in [-0.3, -0.25) is 4.79 Å². The number of alkyl halides is 3. The monoisotopic (exact) mass is 449 g/mol. The molecule has 0 spiro atoms. The minimum atomic E-state index is -4.68. The van der Waals surface area contributed by atoms with Gasteiger partial charge in [0.15, 0.2) is 0 Å². The Hall–Kier alpha value is -2.98. The molecule has 2 aromatic rings. The number of benzene rings is 2. The summed E-state index contributed by atoms with van der Waals surface area (Å²) in [5, 5.41) is 8.23. The smallest absolute Gasteiger partial charge is 0.426 e. The van der Waals surface area contributed by atoms with Gasteiger partial charge < -0.3 is 9.47 Å². The molecule has 31 heavy (non-hydrogen) atoms. The van der Waals surface area contributed by atoms with E-state index >= 15 is 0 Å². The average molecular weight is 450 g/mol. The van der Waals surface area contributed by atoms with Crippen molar-refractivity contribution in [2.45, 2.75) is 26.1 Å². The van der Waals surface area contributed by atoms with E-state index in [1.54, 1.807) is 50.2 Å². The molecular weight excluding hydrogens is 431 g/mol. The summed E-state index contributed by atoms with van der Waals surface area (Å²) in [5.41, 5.74) is -0.371. The molecular formula is C23H19ClF3NO3. The Bertz CT molecular complexity index is 1030. The highest BCUT2D eigenvalue weighted by atomic mass is 35.5. The molecule has 1 fully saturated rings. The van der Waals surface area contributed by atoms with Crippen molar-refractivity contribution in [1.82, 2.24) is 0 Å².